The smallest absolute Gasteiger partial charge is 0.313 e. The third kappa shape index (κ3) is 4.61. The summed E-state index contributed by atoms with van der Waals surface area (Å²) in [4.78, 5) is 35.7. The average Bonchev–Trinajstić information content (AvgIpc) is 2.67. The molecule has 0 radical (unpaired) electrons. The number of fused-ring (bicyclic) bond motifs is 1. The Morgan fingerprint density at radius 1 is 1.21 bits per heavy atom. The van der Waals surface area contributed by atoms with Gasteiger partial charge in [-0.3, -0.25) is 14.4 Å². The third-order valence-electron chi connectivity index (χ3n) is 4.36. The number of benzene rings is 2. The second-order valence-corrected chi connectivity index (χ2v) is 6.91. The van der Waals surface area contributed by atoms with Crippen molar-refractivity contribution in [2.45, 2.75) is 19.4 Å². The van der Waals surface area contributed by atoms with Crippen LogP contribution in [0.5, 0.6) is 5.75 Å². The van der Waals surface area contributed by atoms with Crippen molar-refractivity contribution in [1.82, 2.24) is 0 Å². The quantitative estimate of drug-likeness (QED) is 0.747. The van der Waals surface area contributed by atoms with Gasteiger partial charge in [0.25, 0.3) is 5.91 Å². The fourth-order valence-corrected chi connectivity index (χ4v) is 2.99. The van der Waals surface area contributed by atoms with Crippen molar-refractivity contribution in [2.75, 3.05) is 11.9 Å². The number of nitrogens with two attached hydrogens (primary N) is 1. The number of amides is 2. The molecule has 2 amide bonds. The van der Waals surface area contributed by atoms with Crippen molar-refractivity contribution in [1.29, 1.82) is 0 Å². The van der Waals surface area contributed by atoms with Gasteiger partial charge in [0.1, 0.15) is 12.4 Å². The van der Waals surface area contributed by atoms with E-state index < -0.39 is 29.8 Å². The highest BCUT2D eigenvalue weighted by Crippen LogP contribution is 2.30. The minimum atomic E-state index is -0.996. The zero-order valence-corrected chi connectivity index (χ0v) is 15.9. The second-order valence-electron chi connectivity index (χ2n) is 6.47. The van der Waals surface area contributed by atoms with Crippen molar-refractivity contribution in [3.8, 4) is 5.75 Å². The van der Waals surface area contributed by atoms with Crippen molar-refractivity contribution in [3.63, 3.8) is 0 Å². The molecular formula is C20H19ClN2O5. The number of anilines is 1. The van der Waals surface area contributed by atoms with Gasteiger partial charge in [-0.25, -0.2) is 0 Å². The van der Waals surface area contributed by atoms with Crippen LogP contribution in [0.2, 0.25) is 5.02 Å². The van der Waals surface area contributed by atoms with Gasteiger partial charge < -0.3 is 20.5 Å². The van der Waals surface area contributed by atoms with E-state index in [0.717, 1.165) is 5.56 Å². The Morgan fingerprint density at radius 3 is 2.61 bits per heavy atom. The molecule has 2 aromatic carbocycles. The number of rotatable bonds is 5. The van der Waals surface area contributed by atoms with E-state index >= 15 is 0 Å². The lowest BCUT2D eigenvalue weighted by Crippen LogP contribution is -2.36. The fourth-order valence-electron chi connectivity index (χ4n) is 2.80. The molecule has 1 aliphatic heterocycles. The molecule has 0 aliphatic carbocycles. The zero-order valence-electron chi connectivity index (χ0n) is 15.1. The van der Waals surface area contributed by atoms with E-state index in [-0.39, 0.29) is 6.61 Å². The summed E-state index contributed by atoms with van der Waals surface area (Å²) in [5.74, 6) is -1.38. The maximum absolute atomic E-state index is 12.4. The Morgan fingerprint density at radius 2 is 1.93 bits per heavy atom. The monoisotopic (exact) mass is 402 g/mol. The molecule has 0 spiro atoms. The predicted molar refractivity (Wildman–Crippen MR) is 103 cm³/mol. The first-order chi connectivity index (χ1) is 13.3. The zero-order chi connectivity index (χ0) is 20.3. The van der Waals surface area contributed by atoms with Crippen molar-refractivity contribution in [2.24, 2.45) is 11.7 Å². The number of carbonyl (C=O) groups is 3. The molecule has 28 heavy (non-hydrogen) atoms. The van der Waals surface area contributed by atoms with Gasteiger partial charge in [0, 0.05) is 16.3 Å². The van der Waals surface area contributed by atoms with E-state index in [9.17, 15) is 14.4 Å². The van der Waals surface area contributed by atoms with Crippen molar-refractivity contribution >= 4 is 35.1 Å². The number of nitrogens with one attached hydrogen (secondary N) is 1. The minimum Gasteiger partial charge on any atom is -0.492 e. The SMILES string of the molecule is C[C@@H](OC(=O)[C@@H]1COc2ccc(Cl)cc2C1)C(=O)Nc1ccc(C(N)=O)cc1. The van der Waals surface area contributed by atoms with Crippen LogP contribution in [0.15, 0.2) is 42.5 Å². The molecule has 3 N–H and O–H groups in total. The Hall–Kier alpha value is -3.06. The molecule has 0 aromatic heterocycles. The van der Waals surface area contributed by atoms with Crippen molar-refractivity contribution < 1.29 is 23.9 Å². The van der Waals surface area contributed by atoms with E-state index in [2.05, 4.69) is 5.32 Å². The summed E-state index contributed by atoms with van der Waals surface area (Å²) < 4.78 is 10.9. The van der Waals surface area contributed by atoms with Crippen LogP contribution in [0.3, 0.4) is 0 Å². The van der Waals surface area contributed by atoms with E-state index in [1.165, 1.54) is 19.1 Å². The van der Waals surface area contributed by atoms with Crippen LogP contribution in [0, 0.1) is 5.92 Å². The number of esters is 1. The number of ether oxygens (including phenoxy) is 2. The molecule has 1 aliphatic rings. The van der Waals surface area contributed by atoms with Gasteiger partial charge in [-0.05, 0) is 61.4 Å². The lowest BCUT2D eigenvalue weighted by atomic mass is 9.97. The van der Waals surface area contributed by atoms with Crippen LogP contribution >= 0.6 is 11.6 Å². The summed E-state index contributed by atoms with van der Waals surface area (Å²) in [6.45, 7) is 1.66. The first kappa shape index (κ1) is 19.7. The molecule has 0 unspecified atom stereocenters. The molecule has 8 heteroatoms. The highest BCUT2D eigenvalue weighted by atomic mass is 35.5. The Labute approximate surface area is 166 Å². The Kier molecular flexibility index (Phi) is 5.84. The normalized spacial score (nSPS) is 16.3. The van der Waals surface area contributed by atoms with E-state index in [0.29, 0.717) is 28.4 Å². The standard InChI is InChI=1S/C20H19ClN2O5/c1-11(19(25)23-16-5-2-12(3-6-16)18(22)24)28-20(26)14-8-13-9-15(21)4-7-17(13)27-10-14/h2-7,9,11,14H,8,10H2,1H3,(H2,22,24)(H,23,25)/t11-,14+/m1/s1. The van der Waals surface area contributed by atoms with Crippen LogP contribution in [0.25, 0.3) is 0 Å². The van der Waals surface area contributed by atoms with Gasteiger partial charge in [0.15, 0.2) is 6.10 Å². The summed E-state index contributed by atoms with van der Waals surface area (Å²) in [6.07, 6.45) is -0.568. The minimum absolute atomic E-state index is 0.177. The van der Waals surface area contributed by atoms with Crippen LogP contribution in [0.1, 0.15) is 22.8 Å². The molecule has 0 saturated heterocycles. The Balaban J connectivity index is 1.56. The summed E-state index contributed by atoms with van der Waals surface area (Å²) in [6, 6.07) is 11.3. The molecule has 0 fully saturated rings. The highest BCUT2D eigenvalue weighted by Gasteiger charge is 2.30. The summed E-state index contributed by atoms with van der Waals surface area (Å²) >= 11 is 5.98. The van der Waals surface area contributed by atoms with Crippen LogP contribution < -0.4 is 15.8 Å². The maximum Gasteiger partial charge on any atom is 0.313 e. The summed E-state index contributed by atoms with van der Waals surface area (Å²) in [5, 5.41) is 3.18. The van der Waals surface area contributed by atoms with Crippen LogP contribution in [-0.4, -0.2) is 30.5 Å². The molecule has 1 heterocycles. The maximum atomic E-state index is 12.4. The largest absolute Gasteiger partial charge is 0.492 e. The number of hydrogen-bond acceptors (Lipinski definition) is 5. The van der Waals surface area contributed by atoms with Gasteiger partial charge in [0.05, 0.1) is 5.92 Å². The van der Waals surface area contributed by atoms with E-state index in [4.69, 9.17) is 26.8 Å². The van der Waals surface area contributed by atoms with E-state index in [1.54, 1.807) is 30.3 Å². The highest BCUT2D eigenvalue weighted by molar-refractivity contribution is 6.30. The fraction of sp³-hybridized carbons (Fsp3) is 0.250. The van der Waals surface area contributed by atoms with Crippen LogP contribution in [0.4, 0.5) is 5.69 Å². The van der Waals surface area contributed by atoms with Gasteiger partial charge in [-0.1, -0.05) is 11.6 Å². The van der Waals surface area contributed by atoms with Gasteiger partial charge in [-0.2, -0.15) is 0 Å². The molecule has 146 valence electrons. The topological polar surface area (TPSA) is 108 Å². The molecule has 3 rings (SSSR count). The van der Waals surface area contributed by atoms with Gasteiger partial charge >= 0.3 is 5.97 Å². The molecular weight excluding hydrogens is 384 g/mol. The van der Waals surface area contributed by atoms with Gasteiger partial charge in [-0.15, -0.1) is 0 Å². The van der Waals surface area contributed by atoms with E-state index in [1.807, 2.05) is 0 Å². The van der Waals surface area contributed by atoms with Crippen LogP contribution in [-0.2, 0) is 20.7 Å². The number of primary amides is 1. The molecule has 0 saturated carbocycles. The second kappa shape index (κ2) is 8.31. The number of hydrogen-bond donors (Lipinski definition) is 2. The lowest BCUT2D eigenvalue weighted by Gasteiger charge is -2.25. The summed E-state index contributed by atoms with van der Waals surface area (Å²) in [5.41, 5.74) is 6.79. The molecule has 0 bridgehead atoms. The Bertz CT molecular complexity index is 913. The van der Waals surface area contributed by atoms with Gasteiger partial charge in [0.2, 0.25) is 5.91 Å². The third-order valence-corrected chi connectivity index (χ3v) is 4.60. The molecule has 2 atom stereocenters. The summed E-state index contributed by atoms with van der Waals surface area (Å²) in [7, 11) is 0. The first-order valence-electron chi connectivity index (χ1n) is 8.66. The first-order valence-corrected chi connectivity index (χ1v) is 9.03. The lowest BCUT2D eigenvalue weighted by molar-refractivity contribution is -0.158. The van der Waals surface area contributed by atoms with Crippen molar-refractivity contribution in [3.05, 3.63) is 58.6 Å². The molecule has 2 aromatic rings. The number of halogens is 1. The average molecular weight is 403 g/mol. The predicted octanol–water partition coefficient (Wildman–Crippen LogP) is 2.56. The number of carbonyl (C=O) groups excluding carboxylic acids is 3. The molecule has 7 nitrogen and oxygen atoms in total.